The summed E-state index contributed by atoms with van der Waals surface area (Å²) in [5, 5.41) is 9.01. The smallest absolute Gasteiger partial charge is 0.330 e. The topological polar surface area (TPSA) is 63.6 Å². The van der Waals surface area contributed by atoms with E-state index >= 15 is 0 Å². The van der Waals surface area contributed by atoms with Crippen LogP contribution in [0.5, 0.6) is 0 Å². The van der Waals surface area contributed by atoms with Crippen molar-refractivity contribution in [1.29, 1.82) is 0 Å². The van der Waals surface area contributed by atoms with Gasteiger partial charge in [0.1, 0.15) is 0 Å². The van der Waals surface area contributed by atoms with Crippen LogP contribution >= 0.6 is 0 Å². The number of carbonyl (C=O) groups excluding carboxylic acids is 1. The van der Waals surface area contributed by atoms with Crippen LogP contribution in [0, 0.1) is 29.1 Å². The highest BCUT2D eigenvalue weighted by molar-refractivity contribution is 5.83. The SMILES string of the molecule is CC(C)C(C)COC(=O)/C=C\[C@H]1[C@@H](C(=O)O)C1(C)C. The van der Waals surface area contributed by atoms with Crippen molar-refractivity contribution in [2.45, 2.75) is 34.6 Å². The van der Waals surface area contributed by atoms with Crippen LogP contribution in [0.3, 0.4) is 0 Å². The molecule has 0 saturated heterocycles. The number of esters is 1. The van der Waals surface area contributed by atoms with E-state index in [0.717, 1.165) is 0 Å². The van der Waals surface area contributed by atoms with E-state index in [9.17, 15) is 9.59 Å². The van der Waals surface area contributed by atoms with Gasteiger partial charge in [-0.05, 0) is 23.2 Å². The molecule has 0 aromatic rings. The van der Waals surface area contributed by atoms with Crippen molar-refractivity contribution in [2.75, 3.05) is 6.61 Å². The number of hydrogen-bond acceptors (Lipinski definition) is 3. The second-order valence-electron chi connectivity index (χ2n) is 6.37. The van der Waals surface area contributed by atoms with E-state index in [4.69, 9.17) is 9.84 Å². The molecule has 1 rings (SSSR count). The van der Waals surface area contributed by atoms with Crippen molar-refractivity contribution >= 4 is 11.9 Å². The van der Waals surface area contributed by atoms with Gasteiger partial charge in [0.25, 0.3) is 0 Å². The Labute approximate surface area is 114 Å². The minimum atomic E-state index is -0.804. The fourth-order valence-electron chi connectivity index (χ4n) is 2.14. The highest BCUT2D eigenvalue weighted by Crippen LogP contribution is 2.58. The standard InChI is InChI=1S/C15H24O4/c1-9(2)10(3)8-19-12(16)7-6-11-13(14(17)18)15(11,4)5/h6-7,9-11,13H,8H2,1-5H3,(H,17,18)/b7-6-/t10?,11-,13-/m0/s1. The number of carbonyl (C=O) groups is 2. The average Bonchev–Trinajstić information content (AvgIpc) is 2.85. The molecule has 0 bridgehead atoms. The molecule has 0 aromatic carbocycles. The summed E-state index contributed by atoms with van der Waals surface area (Å²) in [5.41, 5.74) is -0.270. The van der Waals surface area contributed by atoms with Crippen molar-refractivity contribution < 1.29 is 19.4 Å². The van der Waals surface area contributed by atoms with Gasteiger partial charge in [0, 0.05) is 6.08 Å². The summed E-state index contributed by atoms with van der Waals surface area (Å²) in [7, 11) is 0. The van der Waals surface area contributed by atoms with Crippen molar-refractivity contribution in [1.82, 2.24) is 0 Å². The third kappa shape index (κ3) is 3.82. The molecule has 0 aromatic heterocycles. The second kappa shape index (κ2) is 5.76. The van der Waals surface area contributed by atoms with Gasteiger partial charge in [0.15, 0.2) is 0 Å². The molecule has 4 heteroatoms. The van der Waals surface area contributed by atoms with Crippen LogP contribution < -0.4 is 0 Å². The first-order valence-corrected chi connectivity index (χ1v) is 6.75. The van der Waals surface area contributed by atoms with E-state index in [-0.39, 0.29) is 17.3 Å². The first-order chi connectivity index (χ1) is 8.67. The third-order valence-corrected chi connectivity index (χ3v) is 4.24. The van der Waals surface area contributed by atoms with Gasteiger partial charge in [-0.2, -0.15) is 0 Å². The Bertz CT molecular complexity index is 382. The van der Waals surface area contributed by atoms with Crippen molar-refractivity contribution in [3.8, 4) is 0 Å². The largest absolute Gasteiger partial charge is 0.481 e. The van der Waals surface area contributed by atoms with Crippen LogP contribution in [0.1, 0.15) is 34.6 Å². The molecule has 1 aliphatic carbocycles. The van der Waals surface area contributed by atoms with E-state index in [2.05, 4.69) is 13.8 Å². The molecule has 108 valence electrons. The number of hydrogen-bond donors (Lipinski definition) is 1. The molecular formula is C15H24O4. The summed E-state index contributed by atoms with van der Waals surface area (Å²) in [6, 6.07) is 0. The monoisotopic (exact) mass is 268 g/mol. The van der Waals surface area contributed by atoms with Crippen LogP contribution in [-0.2, 0) is 14.3 Å². The van der Waals surface area contributed by atoms with Gasteiger partial charge in [-0.1, -0.05) is 40.7 Å². The van der Waals surface area contributed by atoms with Gasteiger partial charge >= 0.3 is 11.9 Å². The Hall–Kier alpha value is -1.32. The number of rotatable bonds is 6. The molecule has 0 spiro atoms. The average molecular weight is 268 g/mol. The van der Waals surface area contributed by atoms with Crippen LogP contribution in [0.2, 0.25) is 0 Å². The zero-order valence-corrected chi connectivity index (χ0v) is 12.3. The predicted molar refractivity (Wildman–Crippen MR) is 72.5 cm³/mol. The number of allylic oxidation sites excluding steroid dienone is 1. The first-order valence-electron chi connectivity index (χ1n) is 6.75. The fraction of sp³-hybridized carbons (Fsp3) is 0.733. The lowest BCUT2D eigenvalue weighted by atomic mass is 9.99. The van der Waals surface area contributed by atoms with Gasteiger partial charge in [0.05, 0.1) is 12.5 Å². The summed E-state index contributed by atoms with van der Waals surface area (Å²) >= 11 is 0. The normalized spacial score (nSPS) is 26.4. The fourth-order valence-corrected chi connectivity index (χ4v) is 2.14. The Balaban J connectivity index is 2.42. The summed E-state index contributed by atoms with van der Waals surface area (Å²) in [4.78, 5) is 22.5. The molecule has 1 unspecified atom stereocenters. The number of ether oxygens (including phenoxy) is 1. The van der Waals surface area contributed by atoms with Gasteiger partial charge in [-0.3, -0.25) is 4.79 Å². The Morgan fingerprint density at radius 2 is 1.89 bits per heavy atom. The molecule has 0 aliphatic heterocycles. The molecule has 0 amide bonds. The van der Waals surface area contributed by atoms with Crippen molar-refractivity contribution in [3.63, 3.8) is 0 Å². The lowest BCUT2D eigenvalue weighted by Gasteiger charge is -2.14. The van der Waals surface area contributed by atoms with E-state index in [1.807, 2.05) is 20.8 Å². The third-order valence-electron chi connectivity index (χ3n) is 4.24. The van der Waals surface area contributed by atoms with E-state index < -0.39 is 11.9 Å². The lowest BCUT2D eigenvalue weighted by Crippen LogP contribution is -2.14. The molecule has 1 aliphatic rings. The molecule has 0 radical (unpaired) electrons. The lowest BCUT2D eigenvalue weighted by molar-refractivity contribution is -0.140. The predicted octanol–water partition coefficient (Wildman–Crippen LogP) is 2.73. The maximum Gasteiger partial charge on any atom is 0.330 e. The maximum atomic E-state index is 11.5. The maximum absolute atomic E-state index is 11.5. The van der Waals surface area contributed by atoms with E-state index in [1.165, 1.54) is 6.08 Å². The zero-order chi connectivity index (χ0) is 14.8. The van der Waals surface area contributed by atoms with Gasteiger partial charge < -0.3 is 9.84 Å². The molecule has 4 nitrogen and oxygen atoms in total. The first kappa shape index (κ1) is 15.7. The van der Waals surface area contributed by atoms with Gasteiger partial charge in [-0.15, -0.1) is 0 Å². The molecule has 1 saturated carbocycles. The highest BCUT2D eigenvalue weighted by atomic mass is 16.5. The summed E-state index contributed by atoms with van der Waals surface area (Å²) < 4.78 is 5.13. The van der Waals surface area contributed by atoms with Crippen LogP contribution in [0.4, 0.5) is 0 Å². The van der Waals surface area contributed by atoms with Crippen LogP contribution in [0.15, 0.2) is 12.2 Å². The molecule has 1 N–H and O–H groups in total. The summed E-state index contributed by atoms with van der Waals surface area (Å²) in [6.45, 7) is 10.4. The summed E-state index contributed by atoms with van der Waals surface area (Å²) in [6.07, 6.45) is 3.03. The molecule has 1 fully saturated rings. The minimum absolute atomic E-state index is 0.0833. The quantitative estimate of drug-likeness (QED) is 0.594. The molecule has 3 atom stereocenters. The Morgan fingerprint density at radius 1 is 1.32 bits per heavy atom. The summed E-state index contributed by atoms with van der Waals surface area (Å²) in [5.74, 6) is -0.885. The molecule has 0 heterocycles. The Kier molecular flexibility index (Phi) is 4.77. The van der Waals surface area contributed by atoms with Crippen molar-refractivity contribution in [3.05, 3.63) is 12.2 Å². The second-order valence-corrected chi connectivity index (χ2v) is 6.37. The number of aliphatic carboxylic acids is 1. The number of carboxylic acid groups (broad SMARTS) is 1. The van der Waals surface area contributed by atoms with E-state index in [1.54, 1.807) is 6.08 Å². The van der Waals surface area contributed by atoms with Crippen LogP contribution in [0.25, 0.3) is 0 Å². The molecular weight excluding hydrogens is 244 g/mol. The Morgan fingerprint density at radius 3 is 2.32 bits per heavy atom. The highest BCUT2D eigenvalue weighted by Gasteiger charge is 2.60. The van der Waals surface area contributed by atoms with Crippen LogP contribution in [-0.4, -0.2) is 23.7 Å². The van der Waals surface area contributed by atoms with Crippen molar-refractivity contribution in [2.24, 2.45) is 29.1 Å². The van der Waals surface area contributed by atoms with E-state index in [0.29, 0.717) is 18.4 Å². The van der Waals surface area contributed by atoms with Gasteiger partial charge in [0.2, 0.25) is 0 Å². The molecule has 19 heavy (non-hydrogen) atoms. The number of carboxylic acids is 1. The van der Waals surface area contributed by atoms with Gasteiger partial charge in [-0.25, -0.2) is 4.79 Å². The minimum Gasteiger partial charge on any atom is -0.481 e. The zero-order valence-electron chi connectivity index (χ0n) is 12.3.